The summed E-state index contributed by atoms with van der Waals surface area (Å²) in [6, 6.07) is 0. The molecule has 0 bridgehead atoms. The predicted octanol–water partition coefficient (Wildman–Crippen LogP) is 3.33. The van der Waals surface area contributed by atoms with Crippen molar-refractivity contribution in [1.82, 2.24) is 0 Å². The van der Waals surface area contributed by atoms with Crippen LogP contribution in [-0.4, -0.2) is 0 Å². The molecule has 0 aromatic rings. The molecule has 0 radical (unpaired) electrons. The van der Waals surface area contributed by atoms with E-state index in [1.54, 1.807) is 0 Å². The molecule has 0 unspecified atom stereocenters. The maximum atomic E-state index is 2.99. The molecule has 0 amide bonds. The van der Waals surface area contributed by atoms with Crippen molar-refractivity contribution in [3.8, 4) is 0 Å². The standard InChI is InChI=1S/C8H7.C5H5.Ti/c1-2-4-6-8-7-5-3-1;1-2-4-5-3-1;/h1-7H;1-3H,4H2;/q2*-1;+2/b2-1-,3-1?,4-2?,5-3-,6-4?,7-5?;;. The number of hydrogen-bond donors (Lipinski definition) is 0. The Balaban J connectivity index is 0.000000246. The number of allylic oxidation sites excluding steroid dienone is 12. The summed E-state index contributed by atoms with van der Waals surface area (Å²) >= 11 is 0. The maximum Gasteiger partial charge on any atom is 2.00 e. The molecular formula is C13H12Ti. The molecule has 14 heavy (non-hydrogen) atoms. The van der Waals surface area contributed by atoms with Crippen molar-refractivity contribution in [2.75, 3.05) is 0 Å². The van der Waals surface area contributed by atoms with Crippen LogP contribution in [0.2, 0.25) is 0 Å². The van der Waals surface area contributed by atoms with Crippen molar-refractivity contribution in [1.29, 1.82) is 0 Å². The number of rotatable bonds is 0. The molecule has 0 nitrogen and oxygen atoms in total. The van der Waals surface area contributed by atoms with Crippen molar-refractivity contribution in [2.24, 2.45) is 0 Å². The van der Waals surface area contributed by atoms with Crippen LogP contribution in [0, 0.1) is 12.2 Å². The molecule has 0 aliphatic heterocycles. The monoisotopic (exact) mass is 216 g/mol. The Morgan fingerprint density at radius 2 is 1.57 bits per heavy atom. The van der Waals surface area contributed by atoms with Gasteiger partial charge in [-0.05, 0) is 0 Å². The van der Waals surface area contributed by atoms with Gasteiger partial charge in [0.15, 0.2) is 0 Å². The zero-order chi connectivity index (χ0) is 9.19. The molecular weight excluding hydrogens is 204 g/mol. The van der Waals surface area contributed by atoms with Crippen molar-refractivity contribution < 1.29 is 21.7 Å². The van der Waals surface area contributed by atoms with Gasteiger partial charge in [0.05, 0.1) is 0 Å². The van der Waals surface area contributed by atoms with Gasteiger partial charge in [0.1, 0.15) is 0 Å². The first-order chi connectivity index (χ1) is 6.50. The molecule has 0 saturated carbocycles. The van der Waals surface area contributed by atoms with Crippen LogP contribution in [0.1, 0.15) is 6.42 Å². The second-order valence-corrected chi connectivity index (χ2v) is 2.47. The van der Waals surface area contributed by atoms with E-state index in [0.717, 1.165) is 6.42 Å². The van der Waals surface area contributed by atoms with Crippen molar-refractivity contribution in [3.63, 3.8) is 0 Å². The van der Waals surface area contributed by atoms with E-state index in [-0.39, 0.29) is 21.7 Å². The zero-order valence-corrected chi connectivity index (χ0v) is 9.54. The Labute approximate surface area is 101 Å². The Hall–Kier alpha value is -0.846. The van der Waals surface area contributed by atoms with Crippen LogP contribution in [0.15, 0.2) is 60.8 Å². The molecule has 2 rings (SSSR count). The molecule has 2 aliphatic rings. The summed E-state index contributed by atoms with van der Waals surface area (Å²) in [5, 5.41) is 0. The van der Waals surface area contributed by atoms with Gasteiger partial charge in [-0.2, -0.15) is 36.5 Å². The third-order valence-corrected chi connectivity index (χ3v) is 1.42. The Morgan fingerprint density at radius 3 is 2.21 bits per heavy atom. The van der Waals surface area contributed by atoms with E-state index >= 15 is 0 Å². The van der Waals surface area contributed by atoms with Crippen LogP contribution in [-0.2, 0) is 21.7 Å². The molecule has 0 fully saturated rings. The Morgan fingerprint density at radius 1 is 0.786 bits per heavy atom. The first kappa shape index (κ1) is 13.2. The Bertz CT molecular complexity index is 222. The van der Waals surface area contributed by atoms with Gasteiger partial charge in [-0.3, -0.25) is 6.08 Å². The maximum absolute atomic E-state index is 2.99. The SMILES string of the molecule is [C-]1=C/C=C\C=C/C=C1.[C-]1=CC=CC1.[Ti+2]. The van der Waals surface area contributed by atoms with Crippen LogP contribution in [0.5, 0.6) is 0 Å². The van der Waals surface area contributed by atoms with Crippen molar-refractivity contribution >= 4 is 0 Å². The minimum Gasteiger partial charge on any atom is -0.273 e. The van der Waals surface area contributed by atoms with Crippen molar-refractivity contribution in [2.45, 2.75) is 6.42 Å². The first-order valence-electron chi connectivity index (χ1n) is 4.29. The van der Waals surface area contributed by atoms with Crippen LogP contribution in [0.3, 0.4) is 0 Å². The average Bonchev–Trinajstić information content (AvgIpc) is 2.58. The summed E-state index contributed by atoms with van der Waals surface area (Å²) < 4.78 is 0. The van der Waals surface area contributed by atoms with Crippen LogP contribution in [0.4, 0.5) is 0 Å². The number of hydrogen-bond acceptors (Lipinski definition) is 0. The molecule has 68 valence electrons. The van der Waals surface area contributed by atoms with Gasteiger partial charge in [0, 0.05) is 0 Å². The van der Waals surface area contributed by atoms with E-state index in [2.05, 4.69) is 18.2 Å². The second kappa shape index (κ2) is 10.2. The molecule has 0 aromatic heterocycles. The minimum atomic E-state index is 0. The molecule has 0 heterocycles. The topological polar surface area (TPSA) is 0 Å². The van der Waals surface area contributed by atoms with Gasteiger partial charge in [0.25, 0.3) is 0 Å². The van der Waals surface area contributed by atoms with Gasteiger partial charge >= 0.3 is 21.7 Å². The summed E-state index contributed by atoms with van der Waals surface area (Å²) in [6.07, 6.45) is 26.5. The van der Waals surface area contributed by atoms with E-state index in [4.69, 9.17) is 0 Å². The average molecular weight is 216 g/mol. The van der Waals surface area contributed by atoms with E-state index in [9.17, 15) is 0 Å². The minimum absolute atomic E-state index is 0. The van der Waals surface area contributed by atoms with Crippen molar-refractivity contribution in [3.05, 3.63) is 72.9 Å². The summed E-state index contributed by atoms with van der Waals surface area (Å²) in [5.74, 6) is 0. The molecule has 1 heteroatoms. The third-order valence-electron chi connectivity index (χ3n) is 1.42. The largest absolute Gasteiger partial charge is 2.00 e. The molecule has 0 atom stereocenters. The third kappa shape index (κ3) is 7.79. The summed E-state index contributed by atoms with van der Waals surface area (Å²) in [5.41, 5.74) is 0. The van der Waals surface area contributed by atoms with Crippen LogP contribution in [0.25, 0.3) is 0 Å². The molecule has 0 spiro atoms. The second-order valence-electron chi connectivity index (χ2n) is 2.47. The fourth-order valence-electron chi connectivity index (χ4n) is 0.810. The summed E-state index contributed by atoms with van der Waals surface area (Å²) in [4.78, 5) is 0. The van der Waals surface area contributed by atoms with Gasteiger partial charge in [-0.25, -0.2) is 12.2 Å². The molecule has 0 N–H and O–H groups in total. The van der Waals surface area contributed by atoms with E-state index in [1.165, 1.54) is 0 Å². The zero-order valence-electron chi connectivity index (χ0n) is 7.98. The molecule has 0 saturated heterocycles. The van der Waals surface area contributed by atoms with E-state index in [1.807, 2.05) is 54.7 Å². The quantitative estimate of drug-likeness (QED) is 0.430. The van der Waals surface area contributed by atoms with Gasteiger partial charge in [0.2, 0.25) is 0 Å². The normalized spacial score (nSPS) is 20.0. The first-order valence-corrected chi connectivity index (χ1v) is 4.29. The van der Waals surface area contributed by atoms with E-state index < -0.39 is 0 Å². The smallest absolute Gasteiger partial charge is 0.273 e. The fraction of sp³-hybridized carbons (Fsp3) is 0.0769. The molecule has 0 aromatic carbocycles. The van der Waals surface area contributed by atoms with Gasteiger partial charge in [-0.1, -0.05) is 6.08 Å². The van der Waals surface area contributed by atoms with Gasteiger partial charge < -0.3 is 0 Å². The van der Waals surface area contributed by atoms with Crippen LogP contribution < -0.4 is 0 Å². The summed E-state index contributed by atoms with van der Waals surface area (Å²) in [7, 11) is 0. The van der Waals surface area contributed by atoms with Gasteiger partial charge in [-0.15, -0.1) is 18.6 Å². The van der Waals surface area contributed by atoms with E-state index in [0.29, 0.717) is 0 Å². The summed E-state index contributed by atoms with van der Waals surface area (Å²) in [6.45, 7) is 0. The van der Waals surface area contributed by atoms with Crippen LogP contribution >= 0.6 is 0 Å². The Kier molecular flexibility index (Phi) is 9.62. The molecule has 2 aliphatic carbocycles. The fourth-order valence-corrected chi connectivity index (χ4v) is 0.810. The predicted molar refractivity (Wildman–Crippen MR) is 56.8 cm³/mol.